The van der Waals surface area contributed by atoms with Gasteiger partial charge in [0, 0.05) is 19.0 Å². The highest BCUT2D eigenvalue weighted by atomic mass is 16.5. The van der Waals surface area contributed by atoms with Crippen LogP contribution in [0.25, 0.3) is 0 Å². The fourth-order valence-corrected chi connectivity index (χ4v) is 2.69. The van der Waals surface area contributed by atoms with Gasteiger partial charge in [-0.3, -0.25) is 4.79 Å². The summed E-state index contributed by atoms with van der Waals surface area (Å²) in [5, 5.41) is 3.00. The molecule has 0 aliphatic carbocycles. The van der Waals surface area contributed by atoms with Crippen molar-refractivity contribution >= 4 is 5.91 Å². The number of hydrogen-bond acceptors (Lipinski definition) is 5. The van der Waals surface area contributed by atoms with Crippen LogP contribution in [0.3, 0.4) is 0 Å². The van der Waals surface area contributed by atoms with Gasteiger partial charge >= 0.3 is 0 Å². The van der Waals surface area contributed by atoms with Crippen LogP contribution in [0, 0.1) is 5.92 Å². The fraction of sp³-hybridized carbons (Fsp3) is 0.611. The molecule has 0 aliphatic heterocycles. The zero-order valence-electron chi connectivity index (χ0n) is 15.3. The molecule has 0 spiro atoms. The number of benzene rings is 1. The first-order valence-corrected chi connectivity index (χ1v) is 8.24. The molecular formula is C18H30N2O4. The van der Waals surface area contributed by atoms with Gasteiger partial charge in [-0.25, -0.2) is 0 Å². The van der Waals surface area contributed by atoms with Gasteiger partial charge in [0.1, 0.15) is 0 Å². The fourth-order valence-electron chi connectivity index (χ4n) is 2.69. The Hall–Kier alpha value is -1.95. The molecule has 1 aromatic carbocycles. The molecular weight excluding hydrogens is 308 g/mol. The SMILES string of the molecule is COc1ccc(CCC(=O)NC(CN)CC(C)C)c(OC)c1OC. The Morgan fingerprint density at radius 1 is 1.12 bits per heavy atom. The predicted molar refractivity (Wildman–Crippen MR) is 94.9 cm³/mol. The molecule has 6 nitrogen and oxygen atoms in total. The van der Waals surface area contributed by atoms with Crippen molar-refractivity contribution in [1.29, 1.82) is 0 Å². The summed E-state index contributed by atoms with van der Waals surface area (Å²) in [5.74, 6) is 2.22. The van der Waals surface area contributed by atoms with Crippen LogP contribution in [0.1, 0.15) is 32.3 Å². The molecule has 0 saturated carbocycles. The molecule has 0 bridgehead atoms. The van der Waals surface area contributed by atoms with E-state index in [2.05, 4.69) is 19.2 Å². The molecule has 1 unspecified atom stereocenters. The van der Waals surface area contributed by atoms with Crippen LogP contribution in [-0.4, -0.2) is 39.8 Å². The first kappa shape index (κ1) is 20.1. The van der Waals surface area contributed by atoms with E-state index in [0.29, 0.717) is 42.6 Å². The van der Waals surface area contributed by atoms with Crippen LogP contribution >= 0.6 is 0 Å². The molecule has 1 amide bonds. The number of carbonyl (C=O) groups is 1. The van der Waals surface area contributed by atoms with Crippen molar-refractivity contribution in [2.75, 3.05) is 27.9 Å². The van der Waals surface area contributed by atoms with Gasteiger partial charge in [0.05, 0.1) is 21.3 Å². The van der Waals surface area contributed by atoms with Crippen LogP contribution in [0.5, 0.6) is 17.2 Å². The second kappa shape index (κ2) is 10.0. The molecule has 0 aliphatic rings. The average molecular weight is 338 g/mol. The van der Waals surface area contributed by atoms with Gasteiger partial charge in [0.15, 0.2) is 11.5 Å². The Labute approximate surface area is 144 Å². The molecule has 0 fully saturated rings. The largest absolute Gasteiger partial charge is 0.493 e. The summed E-state index contributed by atoms with van der Waals surface area (Å²) in [6.07, 6.45) is 1.79. The molecule has 1 aromatic rings. The lowest BCUT2D eigenvalue weighted by Gasteiger charge is -2.19. The summed E-state index contributed by atoms with van der Waals surface area (Å²) in [6.45, 7) is 4.68. The van der Waals surface area contributed by atoms with Gasteiger partial charge in [0.25, 0.3) is 0 Å². The molecule has 0 radical (unpaired) electrons. The maximum absolute atomic E-state index is 12.2. The quantitative estimate of drug-likeness (QED) is 0.683. The smallest absolute Gasteiger partial charge is 0.220 e. The van der Waals surface area contributed by atoms with Crippen LogP contribution in [0.2, 0.25) is 0 Å². The molecule has 6 heteroatoms. The standard InChI is InChI=1S/C18H30N2O4/c1-12(2)10-14(11-19)20-16(21)9-7-13-6-8-15(22-3)18(24-5)17(13)23-4/h6,8,12,14H,7,9-11,19H2,1-5H3,(H,20,21). The number of ether oxygens (including phenoxy) is 3. The predicted octanol–water partition coefficient (Wildman–Crippen LogP) is 2.13. The molecule has 3 N–H and O–H groups in total. The van der Waals surface area contributed by atoms with Gasteiger partial charge in [-0.05, 0) is 30.4 Å². The van der Waals surface area contributed by atoms with E-state index in [1.54, 1.807) is 21.3 Å². The minimum atomic E-state index is -0.0112. The van der Waals surface area contributed by atoms with E-state index in [1.807, 2.05) is 12.1 Å². The third-order valence-corrected chi connectivity index (χ3v) is 3.81. The topological polar surface area (TPSA) is 82.8 Å². The normalized spacial score (nSPS) is 12.0. The van der Waals surface area contributed by atoms with Crippen molar-refractivity contribution in [2.45, 2.75) is 39.2 Å². The van der Waals surface area contributed by atoms with Crippen molar-refractivity contribution in [3.63, 3.8) is 0 Å². The Balaban J connectivity index is 2.74. The maximum Gasteiger partial charge on any atom is 0.220 e. The maximum atomic E-state index is 12.2. The molecule has 0 heterocycles. The van der Waals surface area contributed by atoms with Crippen molar-refractivity contribution in [1.82, 2.24) is 5.32 Å². The Bertz CT molecular complexity index is 532. The summed E-state index contributed by atoms with van der Waals surface area (Å²) < 4.78 is 16.1. The second-order valence-electron chi connectivity index (χ2n) is 6.12. The Morgan fingerprint density at radius 3 is 2.29 bits per heavy atom. The molecule has 24 heavy (non-hydrogen) atoms. The monoisotopic (exact) mass is 338 g/mol. The van der Waals surface area contributed by atoms with Gasteiger partial charge in [-0.1, -0.05) is 19.9 Å². The number of hydrogen-bond donors (Lipinski definition) is 2. The lowest BCUT2D eigenvalue weighted by atomic mass is 10.0. The van der Waals surface area contributed by atoms with Crippen LogP contribution in [0.4, 0.5) is 0 Å². The first-order valence-electron chi connectivity index (χ1n) is 8.24. The van der Waals surface area contributed by atoms with Gasteiger partial charge in [0.2, 0.25) is 11.7 Å². The molecule has 0 aromatic heterocycles. The van der Waals surface area contributed by atoms with Crippen LogP contribution in [0.15, 0.2) is 12.1 Å². The summed E-state index contributed by atoms with van der Waals surface area (Å²) >= 11 is 0. The Morgan fingerprint density at radius 2 is 1.79 bits per heavy atom. The van der Waals surface area contributed by atoms with E-state index < -0.39 is 0 Å². The zero-order valence-corrected chi connectivity index (χ0v) is 15.3. The molecule has 136 valence electrons. The third kappa shape index (κ3) is 5.60. The summed E-state index contributed by atoms with van der Waals surface area (Å²) in [4.78, 5) is 12.2. The first-order chi connectivity index (χ1) is 11.5. The van der Waals surface area contributed by atoms with E-state index in [4.69, 9.17) is 19.9 Å². The third-order valence-electron chi connectivity index (χ3n) is 3.81. The molecule has 0 saturated heterocycles. The molecule has 1 rings (SSSR count). The average Bonchev–Trinajstić information content (AvgIpc) is 2.57. The number of nitrogens with one attached hydrogen (secondary N) is 1. The van der Waals surface area contributed by atoms with Gasteiger partial charge < -0.3 is 25.3 Å². The van der Waals surface area contributed by atoms with Crippen molar-refractivity contribution in [3.05, 3.63) is 17.7 Å². The van der Waals surface area contributed by atoms with E-state index in [9.17, 15) is 4.79 Å². The number of aryl methyl sites for hydroxylation is 1. The van der Waals surface area contributed by atoms with E-state index in [0.717, 1.165) is 12.0 Å². The highest BCUT2D eigenvalue weighted by Crippen LogP contribution is 2.40. The lowest BCUT2D eigenvalue weighted by molar-refractivity contribution is -0.121. The number of amides is 1. The van der Waals surface area contributed by atoms with Crippen LogP contribution < -0.4 is 25.3 Å². The zero-order chi connectivity index (χ0) is 18.1. The van der Waals surface area contributed by atoms with Crippen LogP contribution in [-0.2, 0) is 11.2 Å². The second-order valence-corrected chi connectivity index (χ2v) is 6.12. The van der Waals surface area contributed by atoms with E-state index in [-0.39, 0.29) is 11.9 Å². The molecule has 1 atom stereocenters. The van der Waals surface area contributed by atoms with Crippen molar-refractivity contribution in [3.8, 4) is 17.2 Å². The minimum Gasteiger partial charge on any atom is -0.493 e. The number of nitrogens with two attached hydrogens (primary N) is 1. The highest BCUT2D eigenvalue weighted by molar-refractivity contribution is 5.76. The van der Waals surface area contributed by atoms with Gasteiger partial charge in [-0.2, -0.15) is 0 Å². The number of carbonyl (C=O) groups excluding carboxylic acids is 1. The summed E-state index contributed by atoms with van der Waals surface area (Å²) in [7, 11) is 4.72. The minimum absolute atomic E-state index is 0.0112. The van der Waals surface area contributed by atoms with Crippen molar-refractivity contribution in [2.24, 2.45) is 11.7 Å². The number of rotatable bonds is 10. The lowest BCUT2D eigenvalue weighted by Crippen LogP contribution is -2.41. The van der Waals surface area contributed by atoms with E-state index in [1.165, 1.54) is 0 Å². The van der Waals surface area contributed by atoms with Crippen molar-refractivity contribution < 1.29 is 19.0 Å². The summed E-state index contributed by atoms with van der Waals surface area (Å²) in [5.41, 5.74) is 6.63. The van der Waals surface area contributed by atoms with E-state index >= 15 is 0 Å². The summed E-state index contributed by atoms with van der Waals surface area (Å²) in [6, 6.07) is 3.72. The number of methoxy groups -OCH3 is 3. The Kier molecular flexibility index (Phi) is 8.40. The highest BCUT2D eigenvalue weighted by Gasteiger charge is 2.17. The van der Waals surface area contributed by atoms with Gasteiger partial charge in [-0.15, -0.1) is 0 Å².